The number of ketones is 1. The van der Waals surface area contributed by atoms with Gasteiger partial charge in [0, 0.05) is 22.1 Å². The molecular formula is C26H24BrNO3. The van der Waals surface area contributed by atoms with Gasteiger partial charge >= 0.3 is 0 Å². The van der Waals surface area contributed by atoms with Gasteiger partial charge in [-0.15, -0.1) is 0 Å². The fourth-order valence-electron chi connectivity index (χ4n) is 4.27. The van der Waals surface area contributed by atoms with Gasteiger partial charge in [-0.1, -0.05) is 63.5 Å². The van der Waals surface area contributed by atoms with Crippen LogP contribution in [0.1, 0.15) is 39.0 Å². The molecule has 1 amide bonds. The van der Waals surface area contributed by atoms with Crippen LogP contribution in [-0.2, 0) is 16.8 Å². The number of halogens is 1. The Balaban J connectivity index is 1.66. The summed E-state index contributed by atoms with van der Waals surface area (Å²) in [7, 11) is 0. The summed E-state index contributed by atoms with van der Waals surface area (Å²) >= 11 is 3.44. The molecule has 0 aliphatic carbocycles. The summed E-state index contributed by atoms with van der Waals surface area (Å²) in [6, 6.07) is 20.9. The lowest BCUT2D eigenvalue weighted by Gasteiger charge is -2.23. The van der Waals surface area contributed by atoms with Crippen molar-refractivity contribution in [1.29, 1.82) is 0 Å². The quantitative estimate of drug-likeness (QED) is 0.501. The highest BCUT2D eigenvalue weighted by Crippen LogP contribution is 2.44. The van der Waals surface area contributed by atoms with Crippen LogP contribution >= 0.6 is 15.9 Å². The molecule has 1 unspecified atom stereocenters. The van der Waals surface area contributed by atoms with Crippen LogP contribution in [0.15, 0.2) is 71.2 Å². The molecule has 3 aromatic carbocycles. The Hall–Kier alpha value is -2.76. The monoisotopic (exact) mass is 477 g/mol. The predicted octanol–water partition coefficient (Wildman–Crippen LogP) is 5.12. The Morgan fingerprint density at radius 3 is 2.35 bits per heavy atom. The van der Waals surface area contributed by atoms with Gasteiger partial charge in [0.05, 0.1) is 12.1 Å². The second-order valence-corrected chi connectivity index (χ2v) is 9.11. The second kappa shape index (κ2) is 8.40. The maximum absolute atomic E-state index is 13.4. The number of hydrogen-bond acceptors (Lipinski definition) is 3. The highest BCUT2D eigenvalue weighted by Gasteiger charge is 2.50. The Morgan fingerprint density at radius 2 is 1.68 bits per heavy atom. The van der Waals surface area contributed by atoms with E-state index in [1.807, 2.05) is 62.4 Å². The summed E-state index contributed by atoms with van der Waals surface area (Å²) in [5.74, 6) is -0.701. The zero-order chi connectivity index (χ0) is 22.2. The van der Waals surface area contributed by atoms with Crippen LogP contribution in [0.2, 0.25) is 0 Å². The van der Waals surface area contributed by atoms with E-state index in [4.69, 9.17) is 0 Å². The standard InChI is InChI=1S/C26H24BrNO3/c1-17-12-18(2)14-20(13-17)24(29)16-26(31)22-15-21(27)8-9-23(22)28(25(26)30)11-10-19-6-4-3-5-7-19/h3-9,12-15,31H,10-11,16H2,1-2H3. The number of rotatable bonds is 6. The molecule has 4 nitrogen and oxygen atoms in total. The predicted molar refractivity (Wildman–Crippen MR) is 125 cm³/mol. The van der Waals surface area contributed by atoms with E-state index >= 15 is 0 Å². The van der Waals surface area contributed by atoms with Crippen molar-refractivity contribution in [2.24, 2.45) is 0 Å². The third kappa shape index (κ3) is 4.21. The summed E-state index contributed by atoms with van der Waals surface area (Å²) in [4.78, 5) is 28.1. The first kappa shape index (κ1) is 21.5. The van der Waals surface area contributed by atoms with Gasteiger partial charge in [0.25, 0.3) is 5.91 Å². The van der Waals surface area contributed by atoms with E-state index in [0.29, 0.717) is 29.8 Å². The van der Waals surface area contributed by atoms with E-state index in [9.17, 15) is 14.7 Å². The number of aryl methyl sites for hydroxylation is 2. The summed E-state index contributed by atoms with van der Waals surface area (Å²) in [5.41, 5.74) is 2.80. The number of anilines is 1. The van der Waals surface area contributed by atoms with Crippen LogP contribution in [0.25, 0.3) is 0 Å². The molecule has 1 heterocycles. The Labute approximate surface area is 190 Å². The summed E-state index contributed by atoms with van der Waals surface area (Å²) in [6.45, 7) is 4.28. The molecule has 0 radical (unpaired) electrons. The number of fused-ring (bicyclic) bond motifs is 1. The number of benzene rings is 3. The number of carbonyl (C=O) groups excluding carboxylic acids is 2. The number of amides is 1. The molecule has 0 fully saturated rings. The molecule has 3 aromatic rings. The first-order valence-corrected chi connectivity index (χ1v) is 11.1. The van der Waals surface area contributed by atoms with Crippen molar-refractivity contribution in [3.63, 3.8) is 0 Å². The second-order valence-electron chi connectivity index (χ2n) is 8.19. The van der Waals surface area contributed by atoms with Crippen molar-refractivity contribution in [3.05, 3.63) is 99.0 Å². The fraction of sp³-hybridized carbons (Fsp3) is 0.231. The minimum atomic E-state index is -1.88. The third-order valence-corrected chi connectivity index (χ3v) is 6.21. The van der Waals surface area contributed by atoms with E-state index in [0.717, 1.165) is 21.2 Å². The maximum atomic E-state index is 13.4. The van der Waals surface area contributed by atoms with Crippen LogP contribution < -0.4 is 4.90 Å². The maximum Gasteiger partial charge on any atom is 0.264 e. The lowest BCUT2D eigenvalue weighted by atomic mass is 9.87. The van der Waals surface area contributed by atoms with Crippen LogP contribution in [0, 0.1) is 13.8 Å². The highest BCUT2D eigenvalue weighted by atomic mass is 79.9. The zero-order valence-corrected chi connectivity index (χ0v) is 19.1. The van der Waals surface area contributed by atoms with Crippen molar-refractivity contribution in [2.45, 2.75) is 32.3 Å². The molecule has 0 saturated carbocycles. The Kier molecular flexibility index (Phi) is 5.82. The van der Waals surface area contributed by atoms with Gasteiger partial charge in [-0.2, -0.15) is 0 Å². The van der Waals surface area contributed by atoms with Gasteiger partial charge < -0.3 is 10.0 Å². The molecule has 1 aliphatic rings. The zero-order valence-electron chi connectivity index (χ0n) is 17.6. The van der Waals surface area contributed by atoms with Crippen molar-refractivity contribution in [3.8, 4) is 0 Å². The molecular weight excluding hydrogens is 454 g/mol. The molecule has 31 heavy (non-hydrogen) atoms. The average Bonchev–Trinajstić information content (AvgIpc) is 2.93. The highest BCUT2D eigenvalue weighted by molar-refractivity contribution is 9.10. The number of aliphatic hydroxyl groups is 1. The van der Waals surface area contributed by atoms with Crippen molar-refractivity contribution >= 4 is 33.3 Å². The Bertz CT molecular complexity index is 1140. The van der Waals surface area contributed by atoms with E-state index in [-0.39, 0.29) is 12.2 Å². The smallest absolute Gasteiger partial charge is 0.264 e. The van der Waals surface area contributed by atoms with E-state index < -0.39 is 11.5 Å². The van der Waals surface area contributed by atoms with E-state index in [2.05, 4.69) is 15.9 Å². The van der Waals surface area contributed by atoms with E-state index in [1.54, 1.807) is 23.1 Å². The van der Waals surface area contributed by atoms with E-state index in [1.165, 1.54) is 0 Å². The third-order valence-electron chi connectivity index (χ3n) is 5.72. The molecule has 0 bridgehead atoms. The van der Waals surface area contributed by atoms with Gasteiger partial charge in [-0.25, -0.2) is 0 Å². The first-order valence-electron chi connectivity index (χ1n) is 10.3. The summed E-state index contributed by atoms with van der Waals surface area (Å²) in [5, 5.41) is 11.5. The van der Waals surface area contributed by atoms with Gasteiger partial charge in [0.1, 0.15) is 0 Å². The fourth-order valence-corrected chi connectivity index (χ4v) is 4.63. The Morgan fingerprint density at radius 1 is 1.00 bits per heavy atom. The normalized spacial score (nSPS) is 17.7. The molecule has 0 aromatic heterocycles. The van der Waals surface area contributed by atoms with Crippen LogP contribution in [0.5, 0.6) is 0 Å². The minimum Gasteiger partial charge on any atom is -0.375 e. The SMILES string of the molecule is Cc1cc(C)cc(C(=O)CC2(O)C(=O)N(CCc3ccccc3)c3ccc(Br)cc32)c1. The van der Waals surface area contributed by atoms with Crippen LogP contribution in [0.4, 0.5) is 5.69 Å². The average molecular weight is 478 g/mol. The van der Waals surface area contributed by atoms with Crippen molar-refractivity contribution < 1.29 is 14.7 Å². The lowest BCUT2D eigenvalue weighted by Crippen LogP contribution is -2.42. The number of Topliss-reactive ketones (excluding diaryl/α,β-unsaturated/α-hetero) is 1. The summed E-state index contributed by atoms with van der Waals surface area (Å²) < 4.78 is 0.751. The van der Waals surface area contributed by atoms with Crippen molar-refractivity contribution in [2.75, 3.05) is 11.4 Å². The first-order chi connectivity index (χ1) is 14.8. The number of nitrogens with zero attached hydrogens (tertiary/aromatic N) is 1. The number of hydrogen-bond donors (Lipinski definition) is 1. The molecule has 1 atom stereocenters. The van der Waals surface area contributed by atoms with Gasteiger partial charge in [0.2, 0.25) is 0 Å². The molecule has 4 rings (SSSR count). The molecule has 0 spiro atoms. The largest absolute Gasteiger partial charge is 0.375 e. The molecule has 158 valence electrons. The molecule has 1 N–H and O–H groups in total. The van der Waals surface area contributed by atoms with Crippen molar-refractivity contribution in [1.82, 2.24) is 0 Å². The number of carbonyl (C=O) groups is 2. The molecule has 5 heteroatoms. The summed E-state index contributed by atoms with van der Waals surface area (Å²) in [6.07, 6.45) is 0.364. The van der Waals surface area contributed by atoms with Crippen LogP contribution in [0.3, 0.4) is 0 Å². The molecule has 0 saturated heterocycles. The van der Waals surface area contributed by atoms with Crippen LogP contribution in [-0.4, -0.2) is 23.3 Å². The van der Waals surface area contributed by atoms with Gasteiger partial charge in [-0.3, -0.25) is 9.59 Å². The molecule has 1 aliphatic heterocycles. The lowest BCUT2D eigenvalue weighted by molar-refractivity contribution is -0.135. The van der Waals surface area contributed by atoms with Gasteiger partial charge in [0.15, 0.2) is 11.4 Å². The minimum absolute atomic E-state index is 0.251. The van der Waals surface area contributed by atoms with Gasteiger partial charge in [-0.05, 0) is 56.2 Å². The topological polar surface area (TPSA) is 57.6 Å².